The van der Waals surface area contributed by atoms with Crippen molar-refractivity contribution in [2.45, 2.75) is 19.8 Å². The fourth-order valence-electron chi connectivity index (χ4n) is 3.63. The standard InChI is InChI=1S/C22H24N4O2S/c1-14-2-7-18-19(12-14)29-22(25-18)16-3-5-17(6-4-16)24-20(27)13-26-10-8-15(9-11-26)21(23)28/h2-7,12,15H,8-11,13H2,1H3,(H2,23,28)(H,24,27). The van der Waals surface area contributed by atoms with Crippen LogP contribution >= 0.6 is 11.3 Å². The molecule has 7 heteroatoms. The van der Waals surface area contributed by atoms with Gasteiger partial charge < -0.3 is 11.1 Å². The molecule has 0 aliphatic carbocycles. The fourth-order valence-corrected chi connectivity index (χ4v) is 4.70. The molecule has 29 heavy (non-hydrogen) atoms. The van der Waals surface area contributed by atoms with E-state index in [0.29, 0.717) is 6.54 Å². The first kappa shape index (κ1) is 19.5. The molecule has 1 aliphatic heterocycles. The maximum absolute atomic E-state index is 12.3. The lowest BCUT2D eigenvalue weighted by molar-refractivity contribution is -0.123. The quantitative estimate of drug-likeness (QED) is 0.677. The number of fused-ring (bicyclic) bond motifs is 1. The number of likely N-dealkylation sites (tertiary alicyclic amines) is 1. The molecule has 0 atom stereocenters. The van der Waals surface area contributed by atoms with E-state index in [4.69, 9.17) is 10.7 Å². The molecule has 3 aromatic rings. The Hall–Kier alpha value is -2.77. The number of aryl methyl sites for hydroxylation is 1. The van der Waals surface area contributed by atoms with Crippen LogP contribution in [0.1, 0.15) is 18.4 Å². The second-order valence-corrected chi connectivity index (χ2v) is 8.60. The summed E-state index contributed by atoms with van der Waals surface area (Å²) in [6.07, 6.45) is 1.44. The number of hydrogen-bond acceptors (Lipinski definition) is 5. The summed E-state index contributed by atoms with van der Waals surface area (Å²) in [7, 11) is 0. The summed E-state index contributed by atoms with van der Waals surface area (Å²) in [6.45, 7) is 3.84. The lowest BCUT2D eigenvalue weighted by Crippen LogP contribution is -2.42. The molecule has 0 unspecified atom stereocenters. The molecule has 2 heterocycles. The Morgan fingerprint density at radius 2 is 1.90 bits per heavy atom. The summed E-state index contributed by atoms with van der Waals surface area (Å²) in [5, 5.41) is 3.92. The Balaban J connectivity index is 1.35. The Labute approximate surface area is 173 Å². The van der Waals surface area contributed by atoms with Gasteiger partial charge in [-0.05, 0) is 74.8 Å². The van der Waals surface area contributed by atoms with Gasteiger partial charge in [0.2, 0.25) is 11.8 Å². The number of nitrogens with one attached hydrogen (secondary N) is 1. The topological polar surface area (TPSA) is 88.3 Å². The van der Waals surface area contributed by atoms with Crippen molar-refractivity contribution < 1.29 is 9.59 Å². The van der Waals surface area contributed by atoms with Crippen LogP contribution < -0.4 is 11.1 Å². The van der Waals surface area contributed by atoms with Gasteiger partial charge in [0.15, 0.2) is 0 Å². The average molecular weight is 409 g/mol. The number of carbonyl (C=O) groups excluding carboxylic acids is 2. The van der Waals surface area contributed by atoms with Crippen LogP contribution in [0.25, 0.3) is 20.8 Å². The van der Waals surface area contributed by atoms with Crippen LogP contribution in [-0.2, 0) is 9.59 Å². The predicted octanol–water partition coefficient (Wildman–Crippen LogP) is 3.41. The molecule has 6 nitrogen and oxygen atoms in total. The van der Waals surface area contributed by atoms with Gasteiger partial charge in [0.05, 0.1) is 16.8 Å². The Bertz CT molecular complexity index is 1040. The first-order chi connectivity index (χ1) is 14.0. The van der Waals surface area contributed by atoms with Gasteiger partial charge in [-0.3, -0.25) is 14.5 Å². The van der Waals surface area contributed by atoms with Gasteiger partial charge in [-0.2, -0.15) is 0 Å². The van der Waals surface area contributed by atoms with E-state index in [1.54, 1.807) is 11.3 Å². The van der Waals surface area contributed by atoms with Crippen LogP contribution in [-0.4, -0.2) is 41.3 Å². The van der Waals surface area contributed by atoms with Crippen LogP contribution in [0, 0.1) is 12.8 Å². The van der Waals surface area contributed by atoms with Gasteiger partial charge in [0.1, 0.15) is 5.01 Å². The van der Waals surface area contributed by atoms with Crippen molar-refractivity contribution in [1.82, 2.24) is 9.88 Å². The van der Waals surface area contributed by atoms with Gasteiger partial charge in [-0.15, -0.1) is 11.3 Å². The van der Waals surface area contributed by atoms with Crippen molar-refractivity contribution in [3.05, 3.63) is 48.0 Å². The van der Waals surface area contributed by atoms with Gasteiger partial charge in [-0.1, -0.05) is 6.07 Å². The van der Waals surface area contributed by atoms with E-state index in [9.17, 15) is 9.59 Å². The lowest BCUT2D eigenvalue weighted by Gasteiger charge is -2.29. The first-order valence-electron chi connectivity index (χ1n) is 9.77. The van der Waals surface area contributed by atoms with Gasteiger partial charge in [0, 0.05) is 17.2 Å². The van der Waals surface area contributed by atoms with Crippen LogP contribution in [0.3, 0.4) is 0 Å². The SMILES string of the molecule is Cc1ccc2nc(-c3ccc(NC(=O)CN4CCC(C(N)=O)CC4)cc3)sc2c1. The van der Waals surface area contributed by atoms with Crippen molar-refractivity contribution in [1.29, 1.82) is 0 Å². The highest BCUT2D eigenvalue weighted by atomic mass is 32.1. The molecule has 0 saturated carbocycles. The summed E-state index contributed by atoms with van der Waals surface area (Å²) in [6, 6.07) is 14.1. The number of amides is 2. The Morgan fingerprint density at radius 3 is 2.59 bits per heavy atom. The molecule has 2 aromatic carbocycles. The Kier molecular flexibility index (Phi) is 5.60. The molecule has 4 rings (SSSR count). The lowest BCUT2D eigenvalue weighted by atomic mass is 9.96. The van der Waals surface area contributed by atoms with Gasteiger partial charge in [0.25, 0.3) is 0 Å². The smallest absolute Gasteiger partial charge is 0.238 e. The average Bonchev–Trinajstić information content (AvgIpc) is 3.12. The van der Waals surface area contributed by atoms with E-state index in [0.717, 1.165) is 47.7 Å². The van der Waals surface area contributed by atoms with Crippen LogP contribution in [0.15, 0.2) is 42.5 Å². The van der Waals surface area contributed by atoms with Crippen molar-refractivity contribution in [2.24, 2.45) is 11.7 Å². The molecule has 1 saturated heterocycles. The molecule has 2 amide bonds. The third-order valence-electron chi connectivity index (χ3n) is 5.32. The van der Waals surface area contributed by atoms with E-state index in [-0.39, 0.29) is 17.7 Å². The van der Waals surface area contributed by atoms with Crippen LogP contribution in [0.5, 0.6) is 0 Å². The second-order valence-electron chi connectivity index (χ2n) is 7.57. The molecule has 1 aliphatic rings. The number of anilines is 1. The summed E-state index contributed by atoms with van der Waals surface area (Å²) in [4.78, 5) is 30.4. The zero-order valence-electron chi connectivity index (χ0n) is 16.4. The molecule has 0 spiro atoms. The molecular formula is C22H24N4O2S. The van der Waals surface area contributed by atoms with E-state index in [1.807, 2.05) is 30.3 Å². The summed E-state index contributed by atoms with van der Waals surface area (Å²) in [5.41, 5.74) is 9.40. The first-order valence-corrected chi connectivity index (χ1v) is 10.6. The van der Waals surface area contributed by atoms with Crippen molar-refractivity contribution >= 4 is 39.1 Å². The maximum Gasteiger partial charge on any atom is 0.238 e. The van der Waals surface area contributed by atoms with E-state index in [1.165, 1.54) is 10.3 Å². The number of benzene rings is 2. The number of hydrogen-bond donors (Lipinski definition) is 2. The third-order valence-corrected chi connectivity index (χ3v) is 6.38. The number of carbonyl (C=O) groups is 2. The summed E-state index contributed by atoms with van der Waals surface area (Å²) >= 11 is 1.67. The van der Waals surface area contributed by atoms with Gasteiger partial charge >= 0.3 is 0 Å². The predicted molar refractivity (Wildman–Crippen MR) is 117 cm³/mol. The zero-order chi connectivity index (χ0) is 20.4. The number of nitrogens with two attached hydrogens (primary N) is 1. The number of aromatic nitrogens is 1. The summed E-state index contributed by atoms with van der Waals surface area (Å²) < 4.78 is 1.18. The highest BCUT2D eigenvalue weighted by Gasteiger charge is 2.24. The summed E-state index contributed by atoms with van der Waals surface area (Å²) in [5.74, 6) is -0.350. The minimum atomic E-state index is -0.238. The number of thiazole rings is 1. The highest BCUT2D eigenvalue weighted by Crippen LogP contribution is 2.31. The minimum absolute atomic E-state index is 0.0502. The number of primary amides is 1. The molecular weight excluding hydrogens is 384 g/mol. The van der Waals surface area contributed by atoms with Crippen molar-refractivity contribution in [2.75, 3.05) is 25.0 Å². The van der Waals surface area contributed by atoms with E-state index in [2.05, 4.69) is 29.3 Å². The number of piperidine rings is 1. The molecule has 150 valence electrons. The van der Waals surface area contributed by atoms with E-state index < -0.39 is 0 Å². The maximum atomic E-state index is 12.3. The zero-order valence-corrected chi connectivity index (χ0v) is 17.2. The normalized spacial score (nSPS) is 15.5. The second kappa shape index (κ2) is 8.31. The molecule has 0 bridgehead atoms. The molecule has 3 N–H and O–H groups in total. The number of nitrogens with zero attached hydrogens (tertiary/aromatic N) is 2. The molecule has 0 radical (unpaired) electrons. The fraction of sp³-hybridized carbons (Fsp3) is 0.318. The van der Waals surface area contributed by atoms with Crippen molar-refractivity contribution in [3.8, 4) is 10.6 Å². The monoisotopic (exact) mass is 408 g/mol. The van der Waals surface area contributed by atoms with Crippen molar-refractivity contribution in [3.63, 3.8) is 0 Å². The highest BCUT2D eigenvalue weighted by molar-refractivity contribution is 7.21. The number of rotatable bonds is 5. The van der Waals surface area contributed by atoms with Crippen LogP contribution in [0.4, 0.5) is 5.69 Å². The molecule has 1 fully saturated rings. The van der Waals surface area contributed by atoms with Gasteiger partial charge in [-0.25, -0.2) is 4.98 Å². The minimum Gasteiger partial charge on any atom is -0.369 e. The molecule has 1 aromatic heterocycles. The Morgan fingerprint density at radius 1 is 1.17 bits per heavy atom. The van der Waals surface area contributed by atoms with Crippen LogP contribution in [0.2, 0.25) is 0 Å². The van der Waals surface area contributed by atoms with E-state index >= 15 is 0 Å². The third kappa shape index (κ3) is 4.63. The largest absolute Gasteiger partial charge is 0.369 e.